The zero-order valence-corrected chi connectivity index (χ0v) is 16.7. The zero-order chi connectivity index (χ0) is 21.6. The van der Waals surface area contributed by atoms with Crippen LogP contribution in [0.1, 0.15) is 11.3 Å². The molecule has 156 valence electrons. The molecule has 1 heterocycles. The Bertz CT molecular complexity index is 1190. The van der Waals surface area contributed by atoms with Crippen LogP contribution in [0.4, 0.5) is 4.79 Å². The van der Waals surface area contributed by atoms with E-state index in [0.717, 1.165) is 33.3 Å². The number of amides is 1. The van der Waals surface area contributed by atoms with Crippen LogP contribution in [0.3, 0.4) is 0 Å². The summed E-state index contributed by atoms with van der Waals surface area (Å²) in [6.45, 7) is 0.0128. The van der Waals surface area contributed by atoms with Gasteiger partial charge in [-0.15, -0.1) is 0 Å². The molecule has 0 radical (unpaired) electrons. The van der Waals surface area contributed by atoms with Gasteiger partial charge in [0, 0.05) is 17.3 Å². The molecule has 0 unspecified atom stereocenters. The molecule has 4 aromatic rings. The molecule has 0 spiro atoms. The molecule has 0 aliphatic rings. The molecule has 1 aromatic heterocycles. The molecule has 4 rings (SSSR count). The van der Waals surface area contributed by atoms with Crippen molar-refractivity contribution in [3.05, 3.63) is 96.2 Å². The first-order chi connectivity index (χ1) is 15.1. The lowest BCUT2D eigenvalue weighted by molar-refractivity contribution is -0.139. The van der Waals surface area contributed by atoms with E-state index >= 15 is 0 Å². The Balaban J connectivity index is 1.38. The highest BCUT2D eigenvalue weighted by Gasteiger charge is 2.21. The van der Waals surface area contributed by atoms with E-state index < -0.39 is 18.1 Å². The summed E-state index contributed by atoms with van der Waals surface area (Å²) in [6.07, 6.45) is -0.591. The van der Waals surface area contributed by atoms with Crippen molar-refractivity contribution in [2.24, 2.45) is 0 Å². The third-order valence-corrected chi connectivity index (χ3v) is 5.02. The van der Waals surface area contributed by atoms with Crippen molar-refractivity contribution in [1.29, 1.82) is 0 Å². The number of rotatable bonds is 7. The number of aromatic amines is 1. The highest BCUT2D eigenvalue weighted by molar-refractivity contribution is 5.86. The number of benzene rings is 3. The highest BCUT2D eigenvalue weighted by Crippen LogP contribution is 2.25. The fourth-order valence-corrected chi connectivity index (χ4v) is 3.46. The number of carboxylic acid groups (broad SMARTS) is 1. The van der Waals surface area contributed by atoms with Crippen molar-refractivity contribution in [1.82, 2.24) is 10.3 Å². The molecular formula is C25H22N2O4. The molecule has 31 heavy (non-hydrogen) atoms. The fourth-order valence-electron chi connectivity index (χ4n) is 3.46. The van der Waals surface area contributed by atoms with Crippen LogP contribution in [0.5, 0.6) is 0 Å². The van der Waals surface area contributed by atoms with Crippen molar-refractivity contribution < 1.29 is 19.4 Å². The minimum Gasteiger partial charge on any atom is -0.480 e. The number of carboxylic acids is 1. The van der Waals surface area contributed by atoms with Gasteiger partial charge in [-0.2, -0.15) is 0 Å². The van der Waals surface area contributed by atoms with Gasteiger partial charge in [0.05, 0.1) is 5.69 Å². The van der Waals surface area contributed by atoms with Gasteiger partial charge < -0.3 is 20.1 Å². The standard InChI is InChI=1S/C25H22N2O4/c28-24(29)23(13-17-7-3-1-4-8-17)27-25(30)31-16-21-15-20-14-19(11-12-22(20)26-21)18-9-5-2-6-10-18/h1-12,14-15,23,26H,13,16H2,(H,27,30)(H,28,29)/t23-/m0/s1. The topological polar surface area (TPSA) is 91.4 Å². The number of nitrogens with one attached hydrogen (secondary N) is 2. The quantitative estimate of drug-likeness (QED) is 0.407. The Kier molecular flexibility index (Phi) is 5.98. The van der Waals surface area contributed by atoms with E-state index in [9.17, 15) is 14.7 Å². The Morgan fingerprint density at radius 1 is 0.903 bits per heavy atom. The molecule has 1 amide bonds. The number of carbonyl (C=O) groups is 2. The lowest BCUT2D eigenvalue weighted by atomic mass is 10.0. The Hall–Kier alpha value is -4.06. The largest absolute Gasteiger partial charge is 0.480 e. The fraction of sp³-hybridized carbons (Fsp3) is 0.120. The number of hydrogen-bond donors (Lipinski definition) is 3. The van der Waals surface area contributed by atoms with Crippen LogP contribution >= 0.6 is 0 Å². The second-order valence-electron chi connectivity index (χ2n) is 7.26. The summed E-state index contributed by atoms with van der Waals surface area (Å²) in [5.41, 5.74) is 4.71. The smallest absolute Gasteiger partial charge is 0.408 e. The Labute approximate surface area is 179 Å². The van der Waals surface area contributed by atoms with Gasteiger partial charge in [0.2, 0.25) is 0 Å². The molecule has 6 heteroatoms. The minimum absolute atomic E-state index is 0.0128. The van der Waals surface area contributed by atoms with E-state index in [1.165, 1.54) is 0 Å². The van der Waals surface area contributed by atoms with Gasteiger partial charge in [-0.25, -0.2) is 9.59 Å². The van der Waals surface area contributed by atoms with Crippen LogP contribution < -0.4 is 5.32 Å². The number of ether oxygens (including phenoxy) is 1. The molecule has 0 aliphatic heterocycles. The van der Waals surface area contributed by atoms with Crippen molar-refractivity contribution in [2.75, 3.05) is 0 Å². The van der Waals surface area contributed by atoms with Crippen molar-refractivity contribution in [3.8, 4) is 11.1 Å². The van der Waals surface area contributed by atoms with Gasteiger partial charge in [-0.1, -0.05) is 66.7 Å². The van der Waals surface area contributed by atoms with Crippen LogP contribution in [0, 0.1) is 0 Å². The van der Waals surface area contributed by atoms with Gasteiger partial charge >= 0.3 is 12.1 Å². The number of hydrogen-bond acceptors (Lipinski definition) is 3. The lowest BCUT2D eigenvalue weighted by Crippen LogP contribution is -2.42. The Morgan fingerprint density at radius 2 is 1.61 bits per heavy atom. The average Bonchev–Trinajstić information content (AvgIpc) is 3.21. The predicted molar refractivity (Wildman–Crippen MR) is 119 cm³/mol. The number of fused-ring (bicyclic) bond motifs is 1. The monoisotopic (exact) mass is 414 g/mol. The van der Waals surface area contributed by atoms with E-state index in [1.807, 2.05) is 66.7 Å². The van der Waals surface area contributed by atoms with E-state index in [2.05, 4.69) is 28.5 Å². The van der Waals surface area contributed by atoms with Crippen LogP contribution in [0.25, 0.3) is 22.0 Å². The molecular weight excluding hydrogens is 392 g/mol. The summed E-state index contributed by atoms with van der Waals surface area (Å²) in [7, 11) is 0. The maximum Gasteiger partial charge on any atom is 0.408 e. The zero-order valence-electron chi connectivity index (χ0n) is 16.7. The number of H-pyrrole nitrogens is 1. The Morgan fingerprint density at radius 3 is 2.32 bits per heavy atom. The maximum absolute atomic E-state index is 12.2. The lowest BCUT2D eigenvalue weighted by Gasteiger charge is -2.14. The molecule has 6 nitrogen and oxygen atoms in total. The van der Waals surface area contributed by atoms with Gasteiger partial charge in [0.1, 0.15) is 12.6 Å². The SMILES string of the molecule is O=C(N[C@@H](Cc1ccccc1)C(=O)O)OCc1cc2cc(-c3ccccc3)ccc2[nH]1. The van der Waals surface area contributed by atoms with Gasteiger partial charge in [0.25, 0.3) is 0 Å². The van der Waals surface area contributed by atoms with E-state index in [1.54, 1.807) is 0 Å². The van der Waals surface area contributed by atoms with Gasteiger partial charge in [-0.05, 0) is 34.9 Å². The van der Waals surface area contributed by atoms with Crippen molar-refractivity contribution >= 4 is 23.0 Å². The normalized spacial score (nSPS) is 11.7. The minimum atomic E-state index is -1.11. The van der Waals surface area contributed by atoms with Crippen molar-refractivity contribution in [3.63, 3.8) is 0 Å². The highest BCUT2D eigenvalue weighted by atomic mass is 16.5. The van der Waals surface area contributed by atoms with E-state index in [4.69, 9.17) is 4.74 Å². The first kappa shape index (κ1) is 20.2. The van der Waals surface area contributed by atoms with Gasteiger partial charge in [-0.3, -0.25) is 0 Å². The molecule has 0 saturated heterocycles. The second-order valence-corrected chi connectivity index (χ2v) is 7.26. The third-order valence-electron chi connectivity index (χ3n) is 5.02. The molecule has 3 N–H and O–H groups in total. The maximum atomic E-state index is 12.2. The molecule has 3 aromatic carbocycles. The predicted octanol–water partition coefficient (Wildman–Crippen LogP) is 4.76. The summed E-state index contributed by atoms with van der Waals surface area (Å²) < 4.78 is 5.25. The molecule has 0 fully saturated rings. The molecule has 1 atom stereocenters. The number of carbonyl (C=O) groups excluding carboxylic acids is 1. The number of alkyl carbamates (subject to hydrolysis) is 1. The summed E-state index contributed by atoms with van der Waals surface area (Å²) in [6, 6.07) is 26.2. The molecule has 0 bridgehead atoms. The summed E-state index contributed by atoms with van der Waals surface area (Å²) in [5.74, 6) is -1.11. The third kappa shape index (κ3) is 5.11. The molecule has 0 saturated carbocycles. The summed E-state index contributed by atoms with van der Waals surface area (Å²) >= 11 is 0. The summed E-state index contributed by atoms with van der Waals surface area (Å²) in [5, 5.41) is 12.8. The number of aliphatic carboxylic acids is 1. The second kappa shape index (κ2) is 9.17. The van der Waals surface area contributed by atoms with Crippen LogP contribution in [-0.2, 0) is 22.6 Å². The summed E-state index contributed by atoms with van der Waals surface area (Å²) in [4.78, 5) is 26.9. The van der Waals surface area contributed by atoms with Gasteiger partial charge in [0.15, 0.2) is 0 Å². The van der Waals surface area contributed by atoms with Crippen LogP contribution in [0.2, 0.25) is 0 Å². The van der Waals surface area contributed by atoms with Crippen LogP contribution in [0.15, 0.2) is 84.9 Å². The van der Waals surface area contributed by atoms with Crippen LogP contribution in [-0.4, -0.2) is 28.2 Å². The average molecular weight is 414 g/mol. The first-order valence-corrected chi connectivity index (χ1v) is 9.95. The van der Waals surface area contributed by atoms with E-state index in [0.29, 0.717) is 0 Å². The van der Waals surface area contributed by atoms with E-state index in [-0.39, 0.29) is 13.0 Å². The number of aromatic nitrogens is 1. The first-order valence-electron chi connectivity index (χ1n) is 9.95. The molecule has 0 aliphatic carbocycles. The van der Waals surface area contributed by atoms with Crippen molar-refractivity contribution in [2.45, 2.75) is 19.1 Å².